The van der Waals surface area contributed by atoms with Crippen molar-refractivity contribution in [1.82, 2.24) is 24.7 Å². The van der Waals surface area contributed by atoms with Crippen LogP contribution in [0.15, 0.2) is 54.7 Å². The Balaban J connectivity index is 1.74. The number of carbonyl (C=O) groups excluding carboxylic acids is 1. The van der Waals surface area contributed by atoms with Gasteiger partial charge in [0.05, 0.1) is 30.5 Å². The molecule has 1 aromatic carbocycles. The van der Waals surface area contributed by atoms with Crippen LogP contribution in [0.3, 0.4) is 0 Å². The molecule has 2 aromatic heterocycles. The lowest BCUT2D eigenvalue weighted by atomic mass is 9.96. The van der Waals surface area contributed by atoms with E-state index in [1.165, 1.54) is 12.7 Å². The summed E-state index contributed by atoms with van der Waals surface area (Å²) in [4.78, 5) is 21.0. The number of thiocarbonyl (C=S) groups is 1. The SMILES string of the molecule is COC(=O)c1ccc(-n2c(C)cc(C3C(c4ccccn4)NC(=S)N3CCCN(C)C)c2C)cc1. The van der Waals surface area contributed by atoms with Crippen LogP contribution in [-0.2, 0) is 4.74 Å². The highest BCUT2D eigenvalue weighted by molar-refractivity contribution is 7.80. The van der Waals surface area contributed by atoms with Gasteiger partial charge in [0, 0.05) is 29.8 Å². The Bertz CT molecular complexity index is 1190. The van der Waals surface area contributed by atoms with Crippen molar-refractivity contribution in [2.24, 2.45) is 0 Å². The molecule has 0 aliphatic carbocycles. The monoisotopic (exact) mass is 491 g/mol. The number of esters is 1. The van der Waals surface area contributed by atoms with Gasteiger partial charge in [-0.15, -0.1) is 0 Å². The largest absolute Gasteiger partial charge is 0.465 e. The van der Waals surface area contributed by atoms with Crippen molar-refractivity contribution in [2.45, 2.75) is 32.4 Å². The number of ether oxygens (including phenoxy) is 1. The van der Waals surface area contributed by atoms with Crippen molar-refractivity contribution in [3.63, 3.8) is 0 Å². The molecule has 8 heteroatoms. The number of hydrogen-bond acceptors (Lipinski definition) is 5. The van der Waals surface area contributed by atoms with E-state index >= 15 is 0 Å². The van der Waals surface area contributed by atoms with Crippen LogP contribution in [-0.4, -0.2) is 64.7 Å². The van der Waals surface area contributed by atoms with Gasteiger partial charge in [-0.05, 0) is 101 Å². The molecule has 0 amide bonds. The van der Waals surface area contributed by atoms with Crippen molar-refractivity contribution in [3.05, 3.63) is 82.9 Å². The molecule has 1 aliphatic rings. The minimum Gasteiger partial charge on any atom is -0.465 e. The molecule has 2 unspecified atom stereocenters. The third-order valence-corrected chi connectivity index (χ3v) is 6.89. The van der Waals surface area contributed by atoms with E-state index in [1.54, 1.807) is 12.1 Å². The fourth-order valence-electron chi connectivity index (χ4n) is 4.89. The number of nitrogens with one attached hydrogen (secondary N) is 1. The van der Waals surface area contributed by atoms with Gasteiger partial charge in [0.2, 0.25) is 0 Å². The van der Waals surface area contributed by atoms with Crippen molar-refractivity contribution in [1.29, 1.82) is 0 Å². The normalized spacial score (nSPS) is 17.7. The molecule has 0 bridgehead atoms. The summed E-state index contributed by atoms with van der Waals surface area (Å²) in [5.41, 5.74) is 5.99. The summed E-state index contributed by atoms with van der Waals surface area (Å²) in [5.74, 6) is -0.338. The maximum Gasteiger partial charge on any atom is 0.337 e. The third-order valence-electron chi connectivity index (χ3n) is 6.54. The molecule has 2 atom stereocenters. The Morgan fingerprint density at radius 1 is 1.17 bits per heavy atom. The predicted octanol–water partition coefficient (Wildman–Crippen LogP) is 4.20. The minimum absolute atomic E-state index is 0.0221. The highest BCUT2D eigenvalue weighted by atomic mass is 32.1. The molecule has 1 aliphatic heterocycles. The number of pyridine rings is 1. The Morgan fingerprint density at radius 3 is 2.54 bits per heavy atom. The summed E-state index contributed by atoms with van der Waals surface area (Å²) in [7, 11) is 5.58. The smallest absolute Gasteiger partial charge is 0.337 e. The molecule has 3 aromatic rings. The second-order valence-corrected chi connectivity index (χ2v) is 9.56. The number of hydrogen-bond donors (Lipinski definition) is 1. The van der Waals surface area contributed by atoms with E-state index in [2.05, 4.69) is 64.7 Å². The van der Waals surface area contributed by atoms with Crippen molar-refractivity contribution < 1.29 is 9.53 Å². The molecule has 35 heavy (non-hydrogen) atoms. The molecular weight excluding hydrogens is 458 g/mol. The lowest BCUT2D eigenvalue weighted by Crippen LogP contribution is -2.32. The zero-order valence-corrected chi connectivity index (χ0v) is 21.8. The average Bonchev–Trinajstić information content (AvgIpc) is 3.33. The predicted molar refractivity (Wildman–Crippen MR) is 142 cm³/mol. The van der Waals surface area contributed by atoms with E-state index in [1.807, 2.05) is 30.5 Å². The van der Waals surface area contributed by atoms with Crippen LogP contribution >= 0.6 is 12.2 Å². The molecule has 0 spiro atoms. The van der Waals surface area contributed by atoms with Gasteiger partial charge in [-0.25, -0.2) is 4.79 Å². The molecule has 0 saturated carbocycles. The fraction of sp³-hybridized carbons (Fsp3) is 0.370. The number of methoxy groups -OCH3 is 1. The van der Waals surface area contributed by atoms with Crippen LogP contribution in [0.1, 0.15) is 51.5 Å². The minimum atomic E-state index is -0.338. The van der Waals surface area contributed by atoms with Gasteiger partial charge in [0.1, 0.15) is 0 Å². The first-order chi connectivity index (χ1) is 16.8. The van der Waals surface area contributed by atoms with E-state index < -0.39 is 0 Å². The van der Waals surface area contributed by atoms with E-state index in [9.17, 15) is 4.79 Å². The van der Waals surface area contributed by atoms with Gasteiger partial charge in [0.25, 0.3) is 0 Å². The van der Waals surface area contributed by atoms with Crippen LogP contribution in [0.25, 0.3) is 5.69 Å². The fourth-order valence-corrected chi connectivity index (χ4v) is 5.22. The average molecular weight is 492 g/mol. The summed E-state index contributed by atoms with van der Waals surface area (Å²) >= 11 is 5.82. The van der Waals surface area contributed by atoms with Gasteiger partial charge in [-0.2, -0.15) is 0 Å². The molecule has 7 nitrogen and oxygen atoms in total. The molecular formula is C27H33N5O2S. The lowest BCUT2D eigenvalue weighted by molar-refractivity contribution is 0.0600. The standard InChI is InChI=1S/C27H33N5O2S/c1-18-17-22(19(2)32(18)21-12-10-20(11-13-21)26(33)34-5)25-24(23-9-6-7-14-28-23)29-27(35)31(25)16-8-15-30(3)4/h6-7,9-14,17,24-25H,8,15-16H2,1-5H3,(H,29,35). The van der Waals surface area contributed by atoms with Crippen LogP contribution in [0, 0.1) is 13.8 Å². The summed E-state index contributed by atoms with van der Waals surface area (Å²) in [5, 5.41) is 4.31. The Morgan fingerprint density at radius 2 is 1.91 bits per heavy atom. The number of carbonyl (C=O) groups is 1. The van der Waals surface area contributed by atoms with Crippen molar-refractivity contribution in [2.75, 3.05) is 34.3 Å². The highest BCUT2D eigenvalue weighted by Gasteiger charge is 2.41. The zero-order chi connectivity index (χ0) is 25.1. The number of aromatic nitrogens is 2. The Labute approximate surface area is 212 Å². The van der Waals surface area contributed by atoms with Crippen LogP contribution in [0.5, 0.6) is 0 Å². The van der Waals surface area contributed by atoms with Crippen LogP contribution < -0.4 is 5.32 Å². The Hall–Kier alpha value is -3.23. The molecule has 0 radical (unpaired) electrons. The quantitative estimate of drug-likeness (QED) is 0.374. The third kappa shape index (κ3) is 5.09. The highest BCUT2D eigenvalue weighted by Crippen LogP contribution is 2.41. The number of nitrogens with zero attached hydrogens (tertiary/aromatic N) is 4. The summed E-state index contributed by atoms with van der Waals surface area (Å²) in [6.07, 6.45) is 2.84. The van der Waals surface area contributed by atoms with Gasteiger partial charge in [-0.3, -0.25) is 4.98 Å². The van der Waals surface area contributed by atoms with Gasteiger partial charge < -0.3 is 24.4 Å². The number of benzene rings is 1. The van der Waals surface area contributed by atoms with Gasteiger partial charge in [0.15, 0.2) is 5.11 Å². The zero-order valence-electron chi connectivity index (χ0n) is 21.0. The van der Waals surface area contributed by atoms with E-state index in [4.69, 9.17) is 17.0 Å². The van der Waals surface area contributed by atoms with Crippen molar-refractivity contribution >= 4 is 23.3 Å². The van der Waals surface area contributed by atoms with E-state index in [0.29, 0.717) is 5.56 Å². The summed E-state index contributed by atoms with van der Waals surface area (Å²) < 4.78 is 7.07. The first-order valence-corrected chi connectivity index (χ1v) is 12.2. The molecule has 1 N–H and O–H groups in total. The van der Waals surface area contributed by atoms with Gasteiger partial charge in [-0.1, -0.05) is 6.07 Å². The van der Waals surface area contributed by atoms with E-state index in [0.717, 1.165) is 47.4 Å². The van der Waals surface area contributed by atoms with Crippen LogP contribution in [0.4, 0.5) is 0 Å². The maximum atomic E-state index is 11.9. The summed E-state index contributed by atoms with van der Waals surface area (Å²) in [6.45, 7) is 6.10. The van der Waals surface area contributed by atoms with Crippen LogP contribution in [0.2, 0.25) is 0 Å². The molecule has 1 saturated heterocycles. The second-order valence-electron chi connectivity index (χ2n) is 9.18. The second kappa shape index (κ2) is 10.6. The maximum absolute atomic E-state index is 11.9. The first kappa shape index (κ1) is 24.9. The number of aryl methyl sites for hydroxylation is 1. The molecule has 184 valence electrons. The first-order valence-electron chi connectivity index (χ1n) is 11.8. The van der Waals surface area contributed by atoms with E-state index in [-0.39, 0.29) is 18.1 Å². The topological polar surface area (TPSA) is 62.6 Å². The van der Waals surface area contributed by atoms with Crippen molar-refractivity contribution in [3.8, 4) is 5.69 Å². The molecule has 3 heterocycles. The lowest BCUT2D eigenvalue weighted by Gasteiger charge is -2.28. The van der Waals surface area contributed by atoms with Gasteiger partial charge >= 0.3 is 5.97 Å². The number of rotatable bonds is 8. The Kier molecular flexibility index (Phi) is 7.52. The molecule has 4 rings (SSSR count). The molecule has 1 fully saturated rings. The summed E-state index contributed by atoms with van der Waals surface area (Å²) in [6, 6.07) is 15.8.